The molecule has 0 aliphatic heterocycles. The fourth-order valence-corrected chi connectivity index (χ4v) is 0. The second-order valence-corrected chi connectivity index (χ2v) is 1.68. The molecule has 0 unspecified atom stereocenters. The Hall–Kier alpha value is 0.506. The van der Waals surface area contributed by atoms with Crippen LogP contribution in [-0.2, 0) is 37.7 Å². The van der Waals surface area contributed by atoms with Crippen LogP contribution in [0, 0.1) is 0 Å². The van der Waals surface area contributed by atoms with E-state index in [0.717, 1.165) is 0 Å². The summed E-state index contributed by atoms with van der Waals surface area (Å²) in [5, 5.41) is 0. The zero-order valence-electron chi connectivity index (χ0n) is 3.36. The van der Waals surface area contributed by atoms with Crippen LogP contribution in [0.4, 0.5) is 0 Å². The van der Waals surface area contributed by atoms with Crippen molar-refractivity contribution >= 4 is 0 Å². The molecule has 0 amide bonds. The Morgan fingerprint density at radius 2 is 1.14 bits per heavy atom. The maximum absolute atomic E-state index is 8.59. The summed E-state index contributed by atoms with van der Waals surface area (Å²) >= 11 is -5.75. The van der Waals surface area contributed by atoms with E-state index in [1.165, 1.54) is 0 Å². The molecule has 49 valence electrons. The minimum absolute atomic E-state index is 0. The molecule has 0 aliphatic carbocycles. The molecule has 5 nitrogen and oxygen atoms in total. The SMILES string of the molecule is [NH4+].[Ni+].[O]=[Cr](=[O])([O-])[O-]. The van der Waals surface area contributed by atoms with Gasteiger partial charge in [-0.3, -0.25) is 0 Å². The van der Waals surface area contributed by atoms with Gasteiger partial charge in [-0.15, -0.1) is 0 Å². The summed E-state index contributed by atoms with van der Waals surface area (Å²) in [5.74, 6) is 0. The topological polar surface area (TPSA) is 117 Å². The fourth-order valence-electron chi connectivity index (χ4n) is 0. The van der Waals surface area contributed by atoms with Gasteiger partial charge in [0.2, 0.25) is 0 Å². The van der Waals surface area contributed by atoms with Crippen molar-refractivity contribution in [1.82, 2.24) is 6.15 Å². The summed E-state index contributed by atoms with van der Waals surface area (Å²) in [6, 6.07) is 0. The molecule has 0 saturated heterocycles. The van der Waals surface area contributed by atoms with E-state index in [1.54, 1.807) is 0 Å². The molecule has 0 rings (SSSR count). The Morgan fingerprint density at radius 1 is 1.14 bits per heavy atom. The molecule has 7 heavy (non-hydrogen) atoms. The molecule has 0 heterocycles. The van der Waals surface area contributed by atoms with Gasteiger partial charge in [-0.2, -0.15) is 0 Å². The minimum atomic E-state index is -5.75. The molecule has 1 radical (unpaired) electrons. The number of hydrogen-bond acceptors (Lipinski definition) is 4. The summed E-state index contributed by atoms with van der Waals surface area (Å²) in [6.07, 6.45) is 0. The molecule has 0 saturated carbocycles. The third-order valence-corrected chi connectivity index (χ3v) is 0. The van der Waals surface area contributed by atoms with Crippen LogP contribution in [-0.4, -0.2) is 0 Å². The first-order chi connectivity index (χ1) is 2.00. The van der Waals surface area contributed by atoms with Gasteiger partial charge in [0.15, 0.2) is 0 Å². The summed E-state index contributed by atoms with van der Waals surface area (Å²) in [4.78, 5) is 0. The molecule has 0 aliphatic rings. The zero-order valence-corrected chi connectivity index (χ0v) is 5.62. The van der Waals surface area contributed by atoms with Crippen LogP contribution in [0.3, 0.4) is 0 Å². The third-order valence-electron chi connectivity index (χ3n) is 0. The van der Waals surface area contributed by atoms with Gasteiger partial charge < -0.3 is 6.15 Å². The maximum atomic E-state index is 8.59. The molecule has 4 N–H and O–H groups in total. The van der Waals surface area contributed by atoms with Gasteiger partial charge in [0, 0.05) is 0 Å². The van der Waals surface area contributed by atoms with Crippen LogP contribution >= 0.6 is 0 Å². The Balaban J connectivity index is -0.0000000800. The number of rotatable bonds is 0. The first-order valence-electron chi connectivity index (χ1n) is 0.667. The van der Waals surface area contributed by atoms with Gasteiger partial charge >= 0.3 is 46.0 Å². The van der Waals surface area contributed by atoms with Gasteiger partial charge in [0.1, 0.15) is 0 Å². The number of quaternary nitrogens is 1. The first-order valence-corrected chi connectivity index (χ1v) is 2.75. The van der Waals surface area contributed by atoms with E-state index in [9.17, 15) is 0 Å². The fraction of sp³-hybridized carbons (Fsp3) is 0. The summed E-state index contributed by atoms with van der Waals surface area (Å²) in [6.45, 7) is 0. The van der Waals surface area contributed by atoms with Crippen molar-refractivity contribution in [2.24, 2.45) is 0 Å². The van der Waals surface area contributed by atoms with Gasteiger partial charge in [-0.1, -0.05) is 0 Å². The standard InChI is InChI=1S/Cr.H3N.Ni.4O/h;1H3;;;;;/q;;+1;;;2*-1/p+1. The number of hydrogen-bond donors (Lipinski definition) is 1. The molecule has 0 atom stereocenters. The van der Waals surface area contributed by atoms with Crippen molar-refractivity contribution in [3.8, 4) is 0 Å². The van der Waals surface area contributed by atoms with Crippen LogP contribution < -0.4 is 14.5 Å². The summed E-state index contributed by atoms with van der Waals surface area (Å²) in [7, 11) is 0. The predicted octanol–water partition coefficient (Wildman–Crippen LogP) is -2.24. The van der Waals surface area contributed by atoms with Crippen molar-refractivity contribution in [3.05, 3.63) is 0 Å². The third kappa shape index (κ3) is 516. The van der Waals surface area contributed by atoms with Crippen molar-refractivity contribution in [1.29, 1.82) is 0 Å². The van der Waals surface area contributed by atoms with Crippen molar-refractivity contribution in [2.45, 2.75) is 0 Å². The average molecular weight is 193 g/mol. The van der Waals surface area contributed by atoms with Crippen LogP contribution in [0.5, 0.6) is 0 Å². The van der Waals surface area contributed by atoms with E-state index in [0.29, 0.717) is 0 Å². The quantitative estimate of drug-likeness (QED) is 0.437. The van der Waals surface area contributed by atoms with Crippen molar-refractivity contribution in [2.75, 3.05) is 0 Å². The molecule has 0 aromatic carbocycles. The molecular formula is H4CrNNiO4. The Kier molecular flexibility index (Phi) is 10.4. The van der Waals surface area contributed by atoms with Crippen LogP contribution in [0.1, 0.15) is 0 Å². The van der Waals surface area contributed by atoms with E-state index in [1.807, 2.05) is 0 Å². The van der Waals surface area contributed by atoms with Crippen LogP contribution in [0.2, 0.25) is 0 Å². The van der Waals surface area contributed by atoms with E-state index in [-0.39, 0.29) is 22.6 Å². The molecule has 0 aromatic rings. The molecule has 0 fully saturated rings. The van der Waals surface area contributed by atoms with E-state index >= 15 is 0 Å². The second kappa shape index (κ2) is 4.66. The molecule has 0 aromatic heterocycles. The van der Waals surface area contributed by atoms with E-state index in [2.05, 4.69) is 0 Å². The molecule has 0 bridgehead atoms. The van der Waals surface area contributed by atoms with Gasteiger partial charge in [-0.05, 0) is 0 Å². The van der Waals surface area contributed by atoms with Gasteiger partial charge in [-0.25, -0.2) is 0 Å². The average Bonchev–Trinajstić information content (AvgIpc) is 0.722. The second-order valence-electron chi connectivity index (χ2n) is 0.408. The molecular weight excluding hydrogens is 189 g/mol. The normalized spacial score (nSPS) is 8.29. The first kappa shape index (κ1) is 15.6. The van der Waals surface area contributed by atoms with E-state index < -0.39 is 13.6 Å². The summed E-state index contributed by atoms with van der Waals surface area (Å²) in [5.41, 5.74) is 0. The Bertz CT molecular complexity index is 94.9. The zero-order chi connectivity index (χ0) is 4.50. The van der Waals surface area contributed by atoms with Crippen molar-refractivity contribution in [3.63, 3.8) is 0 Å². The van der Waals surface area contributed by atoms with Gasteiger partial charge in [0.05, 0.1) is 0 Å². The predicted molar refractivity (Wildman–Crippen MR) is 7.36 cm³/mol. The van der Waals surface area contributed by atoms with Gasteiger partial charge in [0.25, 0.3) is 0 Å². The Labute approximate surface area is 52.6 Å². The molecule has 7 heteroatoms. The van der Waals surface area contributed by atoms with Crippen LogP contribution in [0.25, 0.3) is 0 Å². The summed E-state index contributed by atoms with van der Waals surface area (Å²) < 4.78 is 34.4. The molecule has 0 spiro atoms. The van der Waals surface area contributed by atoms with E-state index in [4.69, 9.17) is 15.9 Å². The Morgan fingerprint density at radius 3 is 1.14 bits per heavy atom. The monoisotopic (exact) mass is 192 g/mol. The van der Waals surface area contributed by atoms with Crippen molar-refractivity contribution < 1.29 is 46.0 Å². The van der Waals surface area contributed by atoms with Crippen LogP contribution in [0.15, 0.2) is 0 Å².